The van der Waals surface area contributed by atoms with Crippen LogP contribution in [0.3, 0.4) is 0 Å². The minimum atomic E-state index is -0.131. The van der Waals surface area contributed by atoms with E-state index in [2.05, 4.69) is 38.0 Å². The first-order valence-electron chi connectivity index (χ1n) is 10.4. The minimum Gasteiger partial charge on any atom is -0.497 e. The van der Waals surface area contributed by atoms with Crippen LogP contribution in [0.25, 0.3) is 0 Å². The van der Waals surface area contributed by atoms with Gasteiger partial charge in [-0.25, -0.2) is 0 Å². The van der Waals surface area contributed by atoms with Gasteiger partial charge in [-0.1, -0.05) is 30.3 Å². The number of ether oxygens (including phenoxy) is 2. The summed E-state index contributed by atoms with van der Waals surface area (Å²) in [5, 5.41) is 9.30. The average molecular weight is 553 g/mol. The summed E-state index contributed by atoms with van der Waals surface area (Å²) in [5.41, 5.74) is 1.96. The van der Waals surface area contributed by atoms with Crippen molar-refractivity contribution in [2.75, 3.05) is 58.9 Å². The summed E-state index contributed by atoms with van der Waals surface area (Å²) in [5.74, 6) is 1.28. The lowest BCUT2D eigenvalue weighted by atomic mass is 10.0. The molecule has 1 saturated heterocycles. The Balaban J connectivity index is 0.00000363. The van der Waals surface area contributed by atoms with E-state index in [4.69, 9.17) is 9.47 Å². The number of aliphatic imine (C=N–C) groups is 1. The van der Waals surface area contributed by atoms with Gasteiger partial charge in [-0.15, -0.1) is 24.0 Å². The number of methoxy groups -OCH3 is 1. The van der Waals surface area contributed by atoms with Crippen molar-refractivity contribution in [3.05, 3.63) is 60.2 Å². The first-order chi connectivity index (χ1) is 15.2. The maximum absolute atomic E-state index is 12.2. The van der Waals surface area contributed by atoms with Gasteiger partial charge in [-0.3, -0.25) is 14.7 Å². The van der Waals surface area contributed by atoms with Crippen LogP contribution in [0.4, 0.5) is 5.69 Å². The first-order valence-corrected chi connectivity index (χ1v) is 10.4. The Morgan fingerprint density at radius 1 is 1.09 bits per heavy atom. The highest BCUT2D eigenvalue weighted by molar-refractivity contribution is 14.0. The molecule has 0 saturated carbocycles. The molecule has 8 nitrogen and oxygen atoms in total. The van der Waals surface area contributed by atoms with Gasteiger partial charge in [-0.05, 0) is 29.8 Å². The Bertz CT molecular complexity index is 842. The van der Waals surface area contributed by atoms with E-state index in [0.29, 0.717) is 12.5 Å². The molecule has 1 fully saturated rings. The van der Waals surface area contributed by atoms with Crippen molar-refractivity contribution in [2.24, 2.45) is 4.99 Å². The highest BCUT2D eigenvalue weighted by Gasteiger charge is 2.23. The third-order valence-corrected chi connectivity index (χ3v) is 5.15. The van der Waals surface area contributed by atoms with E-state index in [1.165, 1.54) is 5.56 Å². The number of benzene rings is 2. The lowest BCUT2D eigenvalue weighted by molar-refractivity contribution is -0.115. The molecule has 1 aliphatic heterocycles. The Kier molecular flexibility index (Phi) is 11.3. The van der Waals surface area contributed by atoms with Crippen molar-refractivity contribution >= 4 is 41.5 Å². The van der Waals surface area contributed by atoms with E-state index < -0.39 is 0 Å². The van der Waals surface area contributed by atoms with Gasteiger partial charge in [0.1, 0.15) is 5.75 Å². The fraction of sp³-hybridized carbons (Fsp3) is 0.391. The number of nitrogens with zero attached hydrogens (tertiary/aromatic N) is 2. The normalized spacial score (nSPS) is 15.2. The number of hydrogen-bond acceptors (Lipinski definition) is 5. The van der Waals surface area contributed by atoms with Gasteiger partial charge in [-0.2, -0.15) is 0 Å². The number of rotatable bonds is 8. The van der Waals surface area contributed by atoms with Gasteiger partial charge < -0.3 is 25.4 Å². The maximum Gasteiger partial charge on any atom is 0.243 e. The van der Waals surface area contributed by atoms with Gasteiger partial charge in [0.15, 0.2) is 5.96 Å². The number of hydrogen-bond donors (Lipinski definition) is 3. The zero-order valence-electron chi connectivity index (χ0n) is 18.5. The Hall–Kier alpha value is -2.37. The highest BCUT2D eigenvalue weighted by Crippen LogP contribution is 2.23. The number of guanidine groups is 1. The van der Waals surface area contributed by atoms with Crippen LogP contribution in [0.15, 0.2) is 59.6 Å². The van der Waals surface area contributed by atoms with Crippen LogP contribution < -0.4 is 20.7 Å². The molecule has 0 bridgehead atoms. The van der Waals surface area contributed by atoms with Crippen LogP contribution in [-0.4, -0.2) is 70.3 Å². The summed E-state index contributed by atoms with van der Waals surface area (Å²) in [6, 6.07) is 17.7. The van der Waals surface area contributed by atoms with Crippen molar-refractivity contribution in [1.29, 1.82) is 0 Å². The SMILES string of the molecule is CN=C(NCC(=O)Nc1ccccc1)NCC(c1ccc(OC)cc1)N1CCOCC1.I. The number of halogens is 1. The summed E-state index contributed by atoms with van der Waals surface area (Å²) in [6.07, 6.45) is 0. The first kappa shape index (κ1) is 25.9. The topological polar surface area (TPSA) is 87.2 Å². The van der Waals surface area contributed by atoms with E-state index in [0.717, 1.165) is 37.7 Å². The number of morpholine rings is 1. The number of nitrogens with one attached hydrogen (secondary N) is 3. The van der Waals surface area contributed by atoms with Crippen molar-refractivity contribution in [3.63, 3.8) is 0 Å². The molecule has 2 aromatic carbocycles. The van der Waals surface area contributed by atoms with Gasteiger partial charge in [0, 0.05) is 32.4 Å². The zero-order chi connectivity index (χ0) is 21.9. The van der Waals surface area contributed by atoms with E-state index in [1.807, 2.05) is 42.5 Å². The van der Waals surface area contributed by atoms with Crippen LogP contribution >= 0.6 is 24.0 Å². The standard InChI is InChI=1S/C23H31N5O3.HI/c1-24-23(26-17-22(29)27-19-6-4-3-5-7-19)25-16-21(28-12-14-31-15-13-28)18-8-10-20(30-2)11-9-18;/h3-11,21H,12-17H2,1-2H3,(H,27,29)(H2,24,25,26);1H. The Morgan fingerprint density at radius 3 is 2.41 bits per heavy atom. The molecule has 1 amide bonds. The molecule has 1 aliphatic rings. The largest absolute Gasteiger partial charge is 0.497 e. The molecule has 3 N–H and O–H groups in total. The number of carbonyl (C=O) groups excluding carboxylic acids is 1. The van der Waals surface area contributed by atoms with Crippen LogP contribution in [-0.2, 0) is 9.53 Å². The van der Waals surface area contributed by atoms with Crippen molar-refractivity contribution in [3.8, 4) is 5.75 Å². The molecule has 0 spiro atoms. The molecule has 3 rings (SSSR count). The molecule has 1 atom stereocenters. The predicted octanol–water partition coefficient (Wildman–Crippen LogP) is 2.49. The number of anilines is 1. The van der Waals surface area contributed by atoms with E-state index >= 15 is 0 Å². The van der Waals surface area contributed by atoms with E-state index in [9.17, 15) is 4.79 Å². The molecule has 1 heterocycles. The van der Waals surface area contributed by atoms with Crippen molar-refractivity contribution < 1.29 is 14.3 Å². The van der Waals surface area contributed by atoms with E-state index in [-0.39, 0.29) is 42.5 Å². The molecule has 0 aliphatic carbocycles. The third-order valence-electron chi connectivity index (χ3n) is 5.15. The molecule has 32 heavy (non-hydrogen) atoms. The number of amides is 1. The molecule has 2 aromatic rings. The molecule has 9 heteroatoms. The van der Waals surface area contributed by atoms with Gasteiger partial charge in [0.05, 0.1) is 32.9 Å². The van der Waals surface area contributed by atoms with Crippen molar-refractivity contribution in [2.45, 2.75) is 6.04 Å². The predicted molar refractivity (Wildman–Crippen MR) is 138 cm³/mol. The van der Waals surface area contributed by atoms with Gasteiger partial charge in [0.2, 0.25) is 5.91 Å². The average Bonchev–Trinajstić information content (AvgIpc) is 2.83. The fourth-order valence-electron chi connectivity index (χ4n) is 3.48. The summed E-state index contributed by atoms with van der Waals surface area (Å²) >= 11 is 0. The Labute approximate surface area is 206 Å². The molecular formula is C23H32IN5O3. The molecule has 1 unspecified atom stereocenters. The zero-order valence-corrected chi connectivity index (χ0v) is 20.9. The van der Waals surface area contributed by atoms with Crippen LogP contribution in [0, 0.1) is 0 Å². The highest BCUT2D eigenvalue weighted by atomic mass is 127. The monoisotopic (exact) mass is 553 g/mol. The minimum absolute atomic E-state index is 0. The Morgan fingerprint density at radius 2 is 1.78 bits per heavy atom. The second-order valence-corrected chi connectivity index (χ2v) is 7.16. The molecule has 0 radical (unpaired) electrons. The second kappa shape index (κ2) is 13.9. The lowest BCUT2D eigenvalue weighted by Gasteiger charge is -2.35. The van der Waals surface area contributed by atoms with Crippen LogP contribution in [0.5, 0.6) is 5.75 Å². The third kappa shape index (κ3) is 7.95. The quantitative estimate of drug-likeness (QED) is 0.265. The lowest BCUT2D eigenvalue weighted by Crippen LogP contribution is -2.47. The number of carbonyl (C=O) groups is 1. The molecule has 174 valence electrons. The maximum atomic E-state index is 12.2. The fourth-order valence-corrected chi connectivity index (χ4v) is 3.48. The van der Waals surface area contributed by atoms with Crippen LogP contribution in [0.2, 0.25) is 0 Å². The smallest absolute Gasteiger partial charge is 0.243 e. The molecular weight excluding hydrogens is 521 g/mol. The van der Waals surface area contributed by atoms with Crippen molar-refractivity contribution in [1.82, 2.24) is 15.5 Å². The summed E-state index contributed by atoms with van der Waals surface area (Å²) in [4.78, 5) is 18.9. The molecule has 0 aromatic heterocycles. The van der Waals surface area contributed by atoms with Gasteiger partial charge >= 0.3 is 0 Å². The van der Waals surface area contributed by atoms with Crippen LogP contribution in [0.1, 0.15) is 11.6 Å². The second-order valence-electron chi connectivity index (χ2n) is 7.16. The van der Waals surface area contributed by atoms with E-state index in [1.54, 1.807) is 14.2 Å². The summed E-state index contributed by atoms with van der Waals surface area (Å²) < 4.78 is 10.8. The number of para-hydroxylation sites is 1. The summed E-state index contributed by atoms with van der Waals surface area (Å²) in [7, 11) is 3.36. The van der Waals surface area contributed by atoms with Gasteiger partial charge in [0.25, 0.3) is 0 Å². The summed E-state index contributed by atoms with van der Waals surface area (Å²) in [6.45, 7) is 3.94.